The third kappa shape index (κ3) is 6.33. The average molecular weight is 662 g/mol. The number of methoxy groups -OCH3 is 1. The zero-order valence-corrected chi connectivity index (χ0v) is 28.3. The van der Waals surface area contributed by atoms with Gasteiger partial charge < -0.3 is 9.15 Å². The summed E-state index contributed by atoms with van der Waals surface area (Å²) in [5.41, 5.74) is 9.65. The summed E-state index contributed by atoms with van der Waals surface area (Å²) in [5, 5.41) is 2.09. The van der Waals surface area contributed by atoms with Crippen LogP contribution in [0, 0.1) is 0 Å². The first kappa shape index (κ1) is 31.7. The third-order valence-electron chi connectivity index (χ3n) is 9.04. The Morgan fingerprint density at radius 2 is 1.37 bits per heavy atom. The van der Waals surface area contributed by atoms with E-state index in [-0.39, 0.29) is 0 Å². The van der Waals surface area contributed by atoms with Crippen molar-refractivity contribution in [2.24, 2.45) is 0 Å². The van der Waals surface area contributed by atoms with Gasteiger partial charge in [0.2, 0.25) is 0 Å². The maximum absolute atomic E-state index is 6.48. The molecule has 5 nitrogen and oxygen atoms in total. The highest BCUT2D eigenvalue weighted by molar-refractivity contribution is 6.09. The van der Waals surface area contributed by atoms with E-state index in [4.69, 9.17) is 24.1 Å². The molecule has 0 saturated carbocycles. The quantitative estimate of drug-likeness (QED) is 0.144. The lowest BCUT2D eigenvalue weighted by Gasteiger charge is -2.13. The van der Waals surface area contributed by atoms with E-state index in [2.05, 4.69) is 67.3 Å². The van der Waals surface area contributed by atoms with Gasteiger partial charge in [-0.3, -0.25) is 0 Å². The van der Waals surface area contributed by atoms with Crippen LogP contribution in [0.25, 0.3) is 78.9 Å². The van der Waals surface area contributed by atoms with Crippen LogP contribution in [0.4, 0.5) is 0 Å². The Hall–Kier alpha value is -6.59. The highest BCUT2D eigenvalue weighted by atomic mass is 16.5. The fourth-order valence-electron chi connectivity index (χ4n) is 6.60. The lowest BCUT2D eigenvalue weighted by molar-refractivity contribution is 0.415. The molecule has 2 heterocycles. The maximum Gasteiger partial charge on any atom is 0.164 e. The van der Waals surface area contributed by atoms with Crippen LogP contribution in [0.2, 0.25) is 0 Å². The van der Waals surface area contributed by atoms with Crippen molar-refractivity contribution in [1.82, 2.24) is 15.0 Å². The van der Waals surface area contributed by atoms with Crippen molar-refractivity contribution >= 4 is 33.6 Å². The summed E-state index contributed by atoms with van der Waals surface area (Å²) in [4.78, 5) is 15.1. The summed E-state index contributed by atoms with van der Waals surface area (Å²) in [6.45, 7) is 3.74. The zero-order chi connectivity index (χ0) is 34.6. The average Bonchev–Trinajstić information content (AvgIpc) is 3.58. The lowest BCUT2D eigenvalue weighted by Crippen LogP contribution is -2.00. The van der Waals surface area contributed by atoms with Crippen molar-refractivity contribution in [3.8, 4) is 51.0 Å². The molecule has 246 valence electrons. The predicted molar refractivity (Wildman–Crippen MR) is 210 cm³/mol. The fourth-order valence-corrected chi connectivity index (χ4v) is 6.60. The van der Waals surface area contributed by atoms with Gasteiger partial charge in [-0.05, 0) is 48.2 Å². The molecular formula is C46H35N3O2. The summed E-state index contributed by atoms with van der Waals surface area (Å²) in [6, 6.07) is 37.0. The molecule has 0 fully saturated rings. The largest absolute Gasteiger partial charge is 0.495 e. The van der Waals surface area contributed by atoms with Gasteiger partial charge >= 0.3 is 0 Å². The van der Waals surface area contributed by atoms with Crippen LogP contribution in [-0.2, 0) is 0 Å². The lowest BCUT2D eigenvalue weighted by atomic mass is 9.97. The van der Waals surface area contributed by atoms with Gasteiger partial charge in [-0.25, -0.2) is 15.0 Å². The van der Waals surface area contributed by atoms with E-state index in [1.807, 2.05) is 91.0 Å². The van der Waals surface area contributed by atoms with Crippen molar-refractivity contribution in [3.05, 3.63) is 169 Å². The Morgan fingerprint density at radius 1 is 0.647 bits per heavy atom. The molecule has 0 radical (unpaired) electrons. The first-order valence-corrected chi connectivity index (χ1v) is 17.1. The SMILES string of the molecule is C=C/C=C\C=C\c1cccc(-c2cccc(-c3nc(-c4ccccc4)nc(-c4ccc5oc6c(C7=CCCC=C7)cccc6c5c4)n3)c2)c1OC. The van der Waals surface area contributed by atoms with Gasteiger partial charge in [0.05, 0.1) is 7.11 Å². The van der Waals surface area contributed by atoms with Crippen LogP contribution in [0.15, 0.2) is 163 Å². The first-order chi connectivity index (χ1) is 25.2. The van der Waals surface area contributed by atoms with Crippen molar-refractivity contribution in [2.45, 2.75) is 12.8 Å². The van der Waals surface area contributed by atoms with E-state index in [0.717, 1.165) is 79.5 Å². The molecule has 0 N–H and O–H groups in total. The Bertz CT molecular complexity index is 2540. The van der Waals surface area contributed by atoms with E-state index >= 15 is 0 Å². The minimum atomic E-state index is 0.584. The topological polar surface area (TPSA) is 61.0 Å². The van der Waals surface area contributed by atoms with E-state index in [1.54, 1.807) is 13.2 Å². The summed E-state index contributed by atoms with van der Waals surface area (Å²) in [7, 11) is 1.70. The molecule has 8 rings (SSSR count). The maximum atomic E-state index is 6.48. The number of fused-ring (bicyclic) bond motifs is 3. The smallest absolute Gasteiger partial charge is 0.164 e. The van der Waals surface area contributed by atoms with Gasteiger partial charge in [0.15, 0.2) is 17.5 Å². The number of aromatic nitrogens is 3. The number of benzene rings is 5. The molecule has 2 aromatic heterocycles. The second-order valence-electron chi connectivity index (χ2n) is 12.3. The second kappa shape index (κ2) is 14.1. The van der Waals surface area contributed by atoms with E-state index in [9.17, 15) is 0 Å². The van der Waals surface area contributed by atoms with Gasteiger partial charge in [-0.15, -0.1) is 0 Å². The van der Waals surface area contributed by atoms with Crippen molar-refractivity contribution in [1.29, 1.82) is 0 Å². The summed E-state index contributed by atoms with van der Waals surface area (Å²) < 4.78 is 12.4. The van der Waals surface area contributed by atoms with E-state index in [0.29, 0.717) is 17.5 Å². The van der Waals surface area contributed by atoms with Crippen LogP contribution in [0.5, 0.6) is 5.75 Å². The number of hydrogen-bond acceptors (Lipinski definition) is 5. The zero-order valence-electron chi connectivity index (χ0n) is 28.3. The Morgan fingerprint density at radius 3 is 2.16 bits per heavy atom. The standard InChI is InChI=1S/C46H35N3O2/c1-3-4-5-8-18-32-21-14-24-38(42(32)50-2)34-22-13-23-35(29-34)45-47-44(33-19-11-7-12-20-33)48-46(49-45)36-27-28-41-40(30-36)39-26-15-25-37(43(39)51-41)31-16-9-6-10-17-31/h3-5,7-9,11-30H,1,6,10H2,2H3/b5-4-,18-8+. The summed E-state index contributed by atoms with van der Waals surface area (Å²) >= 11 is 0. The van der Waals surface area contributed by atoms with Gasteiger partial charge in [0, 0.05) is 44.2 Å². The van der Waals surface area contributed by atoms with Crippen LogP contribution < -0.4 is 4.74 Å². The third-order valence-corrected chi connectivity index (χ3v) is 9.04. The summed E-state index contributed by atoms with van der Waals surface area (Å²) in [5.74, 6) is 2.57. The molecule has 0 unspecified atom stereocenters. The summed E-state index contributed by atoms with van der Waals surface area (Å²) in [6.07, 6.45) is 18.4. The Kier molecular flexibility index (Phi) is 8.76. The van der Waals surface area contributed by atoms with Crippen LogP contribution in [0.1, 0.15) is 24.0 Å². The molecule has 7 aromatic rings. The molecule has 0 amide bonds. The number of rotatable bonds is 9. The predicted octanol–water partition coefficient (Wildman–Crippen LogP) is 11.9. The van der Waals surface area contributed by atoms with E-state index < -0.39 is 0 Å². The number of nitrogens with zero attached hydrogens (tertiary/aromatic N) is 3. The Balaban J connectivity index is 1.24. The van der Waals surface area contributed by atoms with E-state index in [1.165, 1.54) is 5.57 Å². The minimum absolute atomic E-state index is 0.584. The number of allylic oxidation sites excluding steroid dienone is 8. The normalized spacial score (nSPS) is 13.0. The van der Waals surface area contributed by atoms with Crippen molar-refractivity contribution in [2.75, 3.05) is 7.11 Å². The number of hydrogen-bond donors (Lipinski definition) is 0. The second-order valence-corrected chi connectivity index (χ2v) is 12.3. The molecular weight excluding hydrogens is 627 g/mol. The van der Waals surface area contributed by atoms with Crippen molar-refractivity contribution < 1.29 is 9.15 Å². The van der Waals surface area contributed by atoms with Crippen LogP contribution in [0.3, 0.4) is 0 Å². The fraction of sp³-hybridized carbons (Fsp3) is 0.0652. The van der Waals surface area contributed by atoms with Gasteiger partial charge in [-0.1, -0.05) is 140 Å². The molecule has 0 saturated heterocycles. The molecule has 5 aromatic carbocycles. The molecule has 5 heteroatoms. The minimum Gasteiger partial charge on any atom is -0.495 e. The molecule has 0 bridgehead atoms. The van der Waals surface area contributed by atoms with Crippen molar-refractivity contribution in [3.63, 3.8) is 0 Å². The van der Waals surface area contributed by atoms with Gasteiger partial charge in [0.1, 0.15) is 16.9 Å². The number of furan rings is 1. The van der Waals surface area contributed by atoms with Crippen LogP contribution in [-0.4, -0.2) is 22.1 Å². The monoisotopic (exact) mass is 661 g/mol. The molecule has 0 atom stereocenters. The molecule has 51 heavy (non-hydrogen) atoms. The molecule has 0 spiro atoms. The molecule has 1 aliphatic rings. The van der Waals surface area contributed by atoms with Gasteiger partial charge in [0.25, 0.3) is 0 Å². The van der Waals surface area contributed by atoms with Gasteiger partial charge in [-0.2, -0.15) is 0 Å². The first-order valence-electron chi connectivity index (χ1n) is 17.1. The number of ether oxygens (including phenoxy) is 1. The highest BCUT2D eigenvalue weighted by Gasteiger charge is 2.18. The van der Waals surface area contributed by atoms with Crippen LogP contribution >= 0.6 is 0 Å². The highest BCUT2D eigenvalue weighted by Crippen LogP contribution is 2.38. The number of para-hydroxylation sites is 2. The molecule has 0 aliphatic heterocycles. The molecule has 1 aliphatic carbocycles. The Labute approximate surface area is 297 Å².